The van der Waals surface area contributed by atoms with Crippen molar-refractivity contribution < 1.29 is 4.74 Å². The first-order chi connectivity index (χ1) is 6.67. The average molecular weight is 213 g/mol. The van der Waals surface area contributed by atoms with Gasteiger partial charge in [0.25, 0.3) is 0 Å². The van der Waals surface area contributed by atoms with Crippen LogP contribution in [0.3, 0.4) is 0 Å². The van der Waals surface area contributed by atoms with Crippen LogP contribution in [0.15, 0.2) is 0 Å². The molecule has 4 nitrogen and oxygen atoms in total. The highest BCUT2D eigenvalue weighted by Crippen LogP contribution is 2.37. The van der Waals surface area contributed by atoms with Gasteiger partial charge < -0.3 is 9.30 Å². The molecule has 1 aromatic heterocycles. The number of ether oxygens (including phenoxy) is 1. The quantitative estimate of drug-likeness (QED) is 0.775. The van der Waals surface area contributed by atoms with Gasteiger partial charge in [-0.15, -0.1) is 0 Å². The van der Waals surface area contributed by atoms with E-state index in [0.717, 1.165) is 25.1 Å². The van der Waals surface area contributed by atoms with E-state index in [1.807, 2.05) is 11.6 Å². The van der Waals surface area contributed by atoms with E-state index in [1.165, 1.54) is 6.42 Å². The molecule has 0 spiro atoms. The van der Waals surface area contributed by atoms with Crippen molar-refractivity contribution in [2.75, 3.05) is 7.11 Å². The predicted octanol–water partition coefficient (Wildman–Crippen LogP) is 1.59. The molecule has 1 saturated carbocycles. The van der Waals surface area contributed by atoms with Gasteiger partial charge in [0.05, 0.1) is 5.60 Å². The summed E-state index contributed by atoms with van der Waals surface area (Å²) < 4.78 is 8.12. The molecule has 5 heteroatoms. The molecular formula is C9H15N3OS. The number of hydrogen-bond donors (Lipinski definition) is 1. The highest BCUT2D eigenvalue weighted by Gasteiger charge is 2.38. The topological polar surface area (TPSA) is 42.8 Å². The van der Waals surface area contributed by atoms with Gasteiger partial charge in [0.2, 0.25) is 0 Å². The molecule has 2 rings (SSSR count). The van der Waals surface area contributed by atoms with Crippen LogP contribution >= 0.6 is 12.2 Å². The van der Waals surface area contributed by atoms with E-state index in [4.69, 9.17) is 17.0 Å². The van der Waals surface area contributed by atoms with Crippen molar-refractivity contribution in [3.05, 3.63) is 10.6 Å². The van der Waals surface area contributed by atoms with Gasteiger partial charge in [-0.25, -0.2) is 0 Å². The molecule has 1 aliphatic carbocycles. The van der Waals surface area contributed by atoms with Gasteiger partial charge >= 0.3 is 0 Å². The predicted molar refractivity (Wildman–Crippen MR) is 55.7 cm³/mol. The standard InChI is InChI=1S/C9H15N3OS/c1-12-7(10-11-8(12)14)6-9(13-2)4-3-5-9/h3-6H2,1-2H3,(H,11,14). The summed E-state index contributed by atoms with van der Waals surface area (Å²) in [6.45, 7) is 0. The molecule has 0 amide bonds. The highest BCUT2D eigenvalue weighted by molar-refractivity contribution is 7.71. The Balaban J connectivity index is 2.17. The Morgan fingerprint density at radius 3 is 2.71 bits per heavy atom. The van der Waals surface area contributed by atoms with E-state index < -0.39 is 0 Å². The normalized spacial score (nSPS) is 19.3. The lowest BCUT2D eigenvalue weighted by molar-refractivity contribution is -0.0725. The minimum Gasteiger partial charge on any atom is -0.378 e. The van der Waals surface area contributed by atoms with Crippen LogP contribution in [0.1, 0.15) is 25.1 Å². The summed E-state index contributed by atoms with van der Waals surface area (Å²) in [5.74, 6) is 0.983. The number of aromatic nitrogens is 3. The third kappa shape index (κ3) is 1.50. The van der Waals surface area contributed by atoms with Crippen LogP contribution in [0.5, 0.6) is 0 Å². The van der Waals surface area contributed by atoms with E-state index in [2.05, 4.69) is 10.2 Å². The van der Waals surface area contributed by atoms with Crippen molar-refractivity contribution in [1.82, 2.24) is 14.8 Å². The maximum absolute atomic E-state index is 5.54. The highest BCUT2D eigenvalue weighted by atomic mass is 32.1. The Labute approximate surface area is 88.3 Å². The summed E-state index contributed by atoms with van der Waals surface area (Å²) >= 11 is 5.06. The summed E-state index contributed by atoms with van der Waals surface area (Å²) in [6, 6.07) is 0. The SMILES string of the molecule is COC1(Cc2n[nH]c(=S)n2C)CCC1. The van der Waals surface area contributed by atoms with E-state index >= 15 is 0 Å². The van der Waals surface area contributed by atoms with Crippen molar-refractivity contribution in [2.24, 2.45) is 7.05 Å². The fourth-order valence-electron chi connectivity index (χ4n) is 1.85. The number of nitrogens with zero attached hydrogens (tertiary/aromatic N) is 2. The minimum absolute atomic E-state index is 0.0225. The van der Waals surface area contributed by atoms with Gasteiger partial charge in [0.15, 0.2) is 4.77 Å². The van der Waals surface area contributed by atoms with Gasteiger partial charge in [0.1, 0.15) is 5.82 Å². The Hall–Kier alpha value is -0.680. The molecular weight excluding hydrogens is 198 g/mol. The molecule has 0 bridgehead atoms. The van der Waals surface area contributed by atoms with E-state index in [-0.39, 0.29) is 5.60 Å². The third-order valence-corrected chi connectivity index (χ3v) is 3.52. The van der Waals surface area contributed by atoms with Crippen molar-refractivity contribution >= 4 is 12.2 Å². The van der Waals surface area contributed by atoms with Gasteiger partial charge in [-0.2, -0.15) is 5.10 Å². The molecule has 1 heterocycles. The zero-order valence-electron chi connectivity index (χ0n) is 8.54. The lowest BCUT2D eigenvalue weighted by Gasteiger charge is -2.40. The third-order valence-electron chi connectivity index (χ3n) is 3.15. The smallest absolute Gasteiger partial charge is 0.194 e. The van der Waals surface area contributed by atoms with Crippen LogP contribution in [0.25, 0.3) is 0 Å². The van der Waals surface area contributed by atoms with Gasteiger partial charge in [-0.05, 0) is 31.5 Å². The molecule has 14 heavy (non-hydrogen) atoms. The van der Waals surface area contributed by atoms with Crippen molar-refractivity contribution in [1.29, 1.82) is 0 Å². The summed E-state index contributed by atoms with van der Waals surface area (Å²) in [4.78, 5) is 0. The number of hydrogen-bond acceptors (Lipinski definition) is 3. The molecule has 0 saturated heterocycles. The second-order valence-corrected chi connectivity index (χ2v) is 4.31. The molecule has 0 radical (unpaired) electrons. The second kappa shape index (κ2) is 3.47. The fourth-order valence-corrected chi connectivity index (χ4v) is 2.00. The van der Waals surface area contributed by atoms with Crippen molar-refractivity contribution in [3.8, 4) is 0 Å². The molecule has 1 aromatic rings. The monoisotopic (exact) mass is 213 g/mol. The van der Waals surface area contributed by atoms with Gasteiger partial charge in [-0.3, -0.25) is 5.10 Å². The Morgan fingerprint density at radius 2 is 2.36 bits per heavy atom. The van der Waals surface area contributed by atoms with Crippen LogP contribution in [-0.2, 0) is 18.2 Å². The Morgan fingerprint density at radius 1 is 1.64 bits per heavy atom. The first-order valence-electron chi connectivity index (χ1n) is 4.82. The number of H-pyrrole nitrogens is 1. The lowest BCUT2D eigenvalue weighted by Crippen LogP contribution is -2.41. The van der Waals surface area contributed by atoms with Crippen LogP contribution < -0.4 is 0 Å². The summed E-state index contributed by atoms with van der Waals surface area (Å²) in [6.07, 6.45) is 4.36. The van der Waals surface area contributed by atoms with Crippen molar-refractivity contribution in [3.63, 3.8) is 0 Å². The summed E-state index contributed by atoms with van der Waals surface area (Å²) in [5.41, 5.74) is 0.0225. The van der Waals surface area contributed by atoms with Crippen LogP contribution in [-0.4, -0.2) is 27.5 Å². The minimum atomic E-state index is 0.0225. The lowest BCUT2D eigenvalue weighted by atomic mass is 9.77. The zero-order valence-corrected chi connectivity index (χ0v) is 9.36. The maximum Gasteiger partial charge on any atom is 0.194 e. The first-order valence-corrected chi connectivity index (χ1v) is 5.23. The Kier molecular flexibility index (Phi) is 2.45. The molecule has 0 aromatic carbocycles. The van der Waals surface area contributed by atoms with Crippen LogP contribution in [0.2, 0.25) is 0 Å². The summed E-state index contributed by atoms with van der Waals surface area (Å²) in [7, 11) is 3.71. The fraction of sp³-hybridized carbons (Fsp3) is 0.778. The number of aromatic amines is 1. The number of nitrogens with one attached hydrogen (secondary N) is 1. The number of rotatable bonds is 3. The number of methoxy groups -OCH3 is 1. The largest absolute Gasteiger partial charge is 0.378 e. The average Bonchev–Trinajstić information content (AvgIpc) is 2.42. The first kappa shape index (κ1) is 9.86. The molecule has 0 aliphatic heterocycles. The Bertz CT molecular complexity index is 372. The molecule has 1 aliphatic rings. The zero-order chi connectivity index (χ0) is 10.2. The van der Waals surface area contributed by atoms with Crippen LogP contribution in [0.4, 0.5) is 0 Å². The molecule has 0 atom stereocenters. The van der Waals surface area contributed by atoms with Gasteiger partial charge in [0, 0.05) is 20.6 Å². The molecule has 1 N–H and O–H groups in total. The van der Waals surface area contributed by atoms with Gasteiger partial charge in [-0.1, -0.05) is 0 Å². The van der Waals surface area contributed by atoms with Crippen LogP contribution in [0, 0.1) is 4.77 Å². The molecule has 0 unspecified atom stereocenters. The molecule has 78 valence electrons. The van der Waals surface area contributed by atoms with E-state index in [0.29, 0.717) is 4.77 Å². The second-order valence-electron chi connectivity index (χ2n) is 3.92. The molecule has 1 fully saturated rings. The summed E-state index contributed by atoms with van der Waals surface area (Å²) in [5, 5.41) is 6.99. The van der Waals surface area contributed by atoms with Crippen molar-refractivity contribution in [2.45, 2.75) is 31.3 Å². The maximum atomic E-state index is 5.54. The van der Waals surface area contributed by atoms with E-state index in [9.17, 15) is 0 Å². The van der Waals surface area contributed by atoms with E-state index in [1.54, 1.807) is 7.11 Å².